The summed E-state index contributed by atoms with van der Waals surface area (Å²) >= 11 is 9.59. The number of nitrogens with one attached hydrogen (secondary N) is 1. The predicted molar refractivity (Wildman–Crippen MR) is 83.4 cm³/mol. The highest BCUT2D eigenvalue weighted by Gasteiger charge is 2.10. The van der Waals surface area contributed by atoms with Crippen molar-refractivity contribution in [2.24, 2.45) is 0 Å². The number of benzene rings is 1. The van der Waals surface area contributed by atoms with E-state index in [1.54, 1.807) is 0 Å². The number of hydrogen-bond donors (Lipinski definition) is 1. The van der Waals surface area contributed by atoms with E-state index in [-0.39, 0.29) is 0 Å². The lowest BCUT2D eigenvalue weighted by Crippen LogP contribution is -2.03. The van der Waals surface area contributed by atoms with Crippen LogP contribution < -0.4 is 5.32 Å². The van der Waals surface area contributed by atoms with Gasteiger partial charge in [0.05, 0.1) is 0 Å². The molecule has 19 heavy (non-hydrogen) atoms. The van der Waals surface area contributed by atoms with Gasteiger partial charge in [0.25, 0.3) is 0 Å². The zero-order chi connectivity index (χ0) is 14.2. The maximum Gasteiger partial charge on any atom is 0.138 e. The molecule has 2 aromatic rings. The number of aryl methyl sites for hydroxylation is 3. The summed E-state index contributed by atoms with van der Waals surface area (Å²) in [6.45, 7) is 7.86. The third-order valence-corrected chi connectivity index (χ3v) is 3.76. The molecular formula is C14H15BrClN3. The maximum atomic E-state index is 6.09. The van der Waals surface area contributed by atoms with Gasteiger partial charge in [-0.15, -0.1) is 0 Å². The molecule has 1 aromatic carbocycles. The first-order chi connectivity index (χ1) is 8.88. The Labute approximate surface area is 126 Å². The summed E-state index contributed by atoms with van der Waals surface area (Å²) in [6, 6.07) is 4.14. The fourth-order valence-corrected chi connectivity index (χ4v) is 2.84. The summed E-state index contributed by atoms with van der Waals surface area (Å²) in [4.78, 5) is 8.56. The van der Waals surface area contributed by atoms with E-state index < -0.39 is 0 Å². The van der Waals surface area contributed by atoms with E-state index in [9.17, 15) is 0 Å². The summed E-state index contributed by atoms with van der Waals surface area (Å²) in [5, 5.41) is 3.85. The average molecular weight is 341 g/mol. The second kappa shape index (κ2) is 5.47. The highest BCUT2D eigenvalue weighted by molar-refractivity contribution is 9.10. The molecule has 3 nitrogen and oxygen atoms in total. The first-order valence-corrected chi connectivity index (χ1v) is 7.10. The molecule has 0 saturated heterocycles. The van der Waals surface area contributed by atoms with Gasteiger partial charge >= 0.3 is 0 Å². The van der Waals surface area contributed by atoms with Gasteiger partial charge in [-0.1, -0.05) is 27.5 Å². The molecule has 0 aliphatic heterocycles. The Morgan fingerprint density at radius 3 is 2.21 bits per heavy atom. The van der Waals surface area contributed by atoms with E-state index in [0.717, 1.165) is 32.7 Å². The van der Waals surface area contributed by atoms with Crippen molar-refractivity contribution in [3.63, 3.8) is 0 Å². The Hall–Kier alpha value is -1.13. The monoisotopic (exact) mass is 339 g/mol. The number of anilines is 2. The topological polar surface area (TPSA) is 37.8 Å². The molecule has 0 spiro atoms. The minimum absolute atomic E-state index is 0.488. The molecule has 1 N–H and O–H groups in total. The van der Waals surface area contributed by atoms with Crippen LogP contribution in [0.15, 0.2) is 16.6 Å². The zero-order valence-corrected chi connectivity index (χ0v) is 13.6. The molecule has 2 rings (SSSR count). The normalized spacial score (nSPS) is 10.6. The average Bonchev–Trinajstić information content (AvgIpc) is 2.29. The van der Waals surface area contributed by atoms with Crippen molar-refractivity contribution < 1.29 is 0 Å². The molecule has 0 amide bonds. The first kappa shape index (κ1) is 14.3. The van der Waals surface area contributed by atoms with Crippen LogP contribution in [0.25, 0.3) is 0 Å². The van der Waals surface area contributed by atoms with Gasteiger partial charge < -0.3 is 5.32 Å². The van der Waals surface area contributed by atoms with Gasteiger partial charge in [0.15, 0.2) is 0 Å². The molecule has 1 heterocycles. The molecule has 100 valence electrons. The van der Waals surface area contributed by atoms with Gasteiger partial charge in [-0.05, 0) is 51.0 Å². The van der Waals surface area contributed by atoms with Crippen molar-refractivity contribution in [3.05, 3.63) is 44.3 Å². The van der Waals surface area contributed by atoms with Gasteiger partial charge in [0.1, 0.15) is 16.8 Å². The molecule has 0 aliphatic rings. The summed E-state index contributed by atoms with van der Waals surface area (Å²) in [5.74, 6) is 1.41. The lowest BCUT2D eigenvalue weighted by Gasteiger charge is -2.15. The molecule has 1 aromatic heterocycles. The Morgan fingerprint density at radius 1 is 1.05 bits per heavy atom. The summed E-state index contributed by atoms with van der Waals surface area (Å²) < 4.78 is 1.07. The van der Waals surface area contributed by atoms with Crippen molar-refractivity contribution in [1.82, 2.24) is 9.97 Å². The SMILES string of the molecule is Cc1nc(Cl)c(C)c(Nc2c(C)cc(Br)cc2C)n1. The van der Waals surface area contributed by atoms with Gasteiger partial charge in [0.2, 0.25) is 0 Å². The molecule has 0 saturated carbocycles. The van der Waals surface area contributed by atoms with Crippen molar-refractivity contribution in [3.8, 4) is 0 Å². The van der Waals surface area contributed by atoms with Crippen molar-refractivity contribution in [2.45, 2.75) is 27.7 Å². The molecule has 0 unspecified atom stereocenters. The van der Waals surface area contributed by atoms with Crippen LogP contribution >= 0.6 is 27.5 Å². The third kappa shape index (κ3) is 3.07. The third-order valence-electron chi connectivity index (χ3n) is 2.94. The van der Waals surface area contributed by atoms with Crippen LogP contribution in [0, 0.1) is 27.7 Å². The van der Waals surface area contributed by atoms with Gasteiger partial charge in [0, 0.05) is 15.7 Å². The lowest BCUT2D eigenvalue weighted by atomic mass is 10.1. The Kier molecular flexibility index (Phi) is 4.11. The number of aromatic nitrogens is 2. The van der Waals surface area contributed by atoms with Crippen molar-refractivity contribution >= 4 is 39.0 Å². The van der Waals surface area contributed by atoms with Crippen LogP contribution in [0.5, 0.6) is 0 Å². The molecule has 0 atom stereocenters. The Balaban J connectivity index is 2.48. The van der Waals surface area contributed by atoms with Crippen LogP contribution in [-0.4, -0.2) is 9.97 Å². The Morgan fingerprint density at radius 2 is 1.63 bits per heavy atom. The highest BCUT2D eigenvalue weighted by Crippen LogP contribution is 2.29. The fourth-order valence-electron chi connectivity index (χ4n) is 1.94. The smallest absolute Gasteiger partial charge is 0.138 e. The second-order valence-corrected chi connectivity index (χ2v) is 5.85. The molecule has 0 aliphatic carbocycles. The predicted octanol–water partition coefficient (Wildman–Crippen LogP) is 4.87. The van der Waals surface area contributed by atoms with E-state index in [0.29, 0.717) is 11.0 Å². The van der Waals surface area contributed by atoms with E-state index >= 15 is 0 Å². The number of halogens is 2. The van der Waals surface area contributed by atoms with Crippen LogP contribution in [0.2, 0.25) is 5.15 Å². The van der Waals surface area contributed by atoms with Crippen LogP contribution in [0.3, 0.4) is 0 Å². The minimum Gasteiger partial charge on any atom is -0.339 e. The summed E-state index contributed by atoms with van der Waals surface area (Å²) in [6.07, 6.45) is 0. The number of nitrogens with zero attached hydrogens (tertiary/aromatic N) is 2. The summed E-state index contributed by atoms with van der Waals surface area (Å²) in [7, 11) is 0. The van der Waals surface area contributed by atoms with E-state index in [1.165, 1.54) is 0 Å². The van der Waals surface area contributed by atoms with E-state index in [4.69, 9.17) is 11.6 Å². The summed E-state index contributed by atoms with van der Waals surface area (Å²) in [5.41, 5.74) is 4.21. The maximum absolute atomic E-state index is 6.09. The Bertz CT molecular complexity index is 618. The van der Waals surface area contributed by atoms with Crippen LogP contribution in [0.1, 0.15) is 22.5 Å². The lowest BCUT2D eigenvalue weighted by molar-refractivity contribution is 1.03. The molecule has 0 bridgehead atoms. The highest BCUT2D eigenvalue weighted by atomic mass is 79.9. The van der Waals surface area contributed by atoms with E-state index in [1.807, 2.05) is 13.8 Å². The molecule has 0 fully saturated rings. The number of hydrogen-bond acceptors (Lipinski definition) is 3. The molecule has 5 heteroatoms. The number of rotatable bonds is 2. The standard InChI is InChI=1S/C14H15BrClN3/c1-7-5-11(15)6-8(2)12(7)19-14-9(3)13(16)17-10(4)18-14/h5-6H,1-4H3,(H,17,18,19). The van der Waals surface area contributed by atoms with Gasteiger partial charge in [-0.25, -0.2) is 9.97 Å². The van der Waals surface area contributed by atoms with Gasteiger partial charge in [-0.3, -0.25) is 0 Å². The van der Waals surface area contributed by atoms with Crippen LogP contribution in [0.4, 0.5) is 11.5 Å². The first-order valence-electron chi connectivity index (χ1n) is 5.93. The largest absolute Gasteiger partial charge is 0.339 e. The van der Waals surface area contributed by atoms with Crippen molar-refractivity contribution in [1.29, 1.82) is 0 Å². The fraction of sp³-hybridized carbons (Fsp3) is 0.286. The molecule has 0 radical (unpaired) electrons. The van der Waals surface area contributed by atoms with E-state index in [2.05, 4.69) is 57.2 Å². The van der Waals surface area contributed by atoms with Crippen LogP contribution in [-0.2, 0) is 0 Å². The second-order valence-electron chi connectivity index (χ2n) is 4.57. The quantitative estimate of drug-likeness (QED) is 0.793. The zero-order valence-electron chi connectivity index (χ0n) is 11.3. The van der Waals surface area contributed by atoms with Gasteiger partial charge in [-0.2, -0.15) is 0 Å². The minimum atomic E-state index is 0.488. The van der Waals surface area contributed by atoms with Crippen molar-refractivity contribution in [2.75, 3.05) is 5.32 Å². The molecular weight excluding hydrogens is 326 g/mol.